The van der Waals surface area contributed by atoms with Crippen LogP contribution in [0.2, 0.25) is 0 Å². The van der Waals surface area contributed by atoms with E-state index in [0.717, 1.165) is 17.5 Å². The number of benzene rings is 2. The maximum Gasteiger partial charge on any atom is 0.309 e. The number of para-hydroxylation sites is 1. The van der Waals surface area contributed by atoms with Crippen LogP contribution in [0.5, 0.6) is 5.75 Å². The fourth-order valence-corrected chi connectivity index (χ4v) is 5.15. The van der Waals surface area contributed by atoms with Gasteiger partial charge in [-0.25, -0.2) is 14.6 Å². The quantitative estimate of drug-likeness (QED) is 0.261. The number of ether oxygens (including phenoxy) is 1. The van der Waals surface area contributed by atoms with Crippen molar-refractivity contribution in [2.75, 3.05) is 12.8 Å². The molecular formula is C30H32N6O4. The second-order valence-corrected chi connectivity index (χ2v) is 10.7. The van der Waals surface area contributed by atoms with Gasteiger partial charge in [0.2, 0.25) is 0 Å². The summed E-state index contributed by atoms with van der Waals surface area (Å²) in [6.07, 6.45) is 6.82. The van der Waals surface area contributed by atoms with E-state index >= 15 is 0 Å². The fraction of sp³-hybridized carbons (Fsp3) is 0.300. The molecule has 5 rings (SSSR count). The van der Waals surface area contributed by atoms with Crippen LogP contribution in [0.3, 0.4) is 0 Å². The Morgan fingerprint density at radius 1 is 1.12 bits per heavy atom. The SMILES string of the molecule is COc1ccccc1C(=O)NCc1ccc(-c2nn([C@H]3C=C[C@@H](CC(C)(C)C(=O)O)C3)c3ncnc(N)c23)cc1. The number of rotatable bonds is 9. The van der Waals surface area contributed by atoms with E-state index < -0.39 is 11.4 Å². The van der Waals surface area contributed by atoms with Crippen molar-refractivity contribution in [1.29, 1.82) is 0 Å². The largest absolute Gasteiger partial charge is 0.496 e. The summed E-state index contributed by atoms with van der Waals surface area (Å²) < 4.78 is 7.14. The summed E-state index contributed by atoms with van der Waals surface area (Å²) in [5.41, 5.74) is 9.01. The summed E-state index contributed by atoms with van der Waals surface area (Å²) >= 11 is 0. The first-order valence-electron chi connectivity index (χ1n) is 13.1. The molecule has 2 heterocycles. The van der Waals surface area contributed by atoms with Gasteiger partial charge in [0, 0.05) is 12.1 Å². The smallest absolute Gasteiger partial charge is 0.309 e. The molecule has 1 aliphatic rings. The number of methoxy groups -OCH3 is 1. The number of nitrogens with two attached hydrogens (primary N) is 1. The molecule has 0 unspecified atom stereocenters. The Hall–Kier alpha value is -4.73. The second-order valence-electron chi connectivity index (χ2n) is 10.7. The first-order valence-corrected chi connectivity index (χ1v) is 13.1. The summed E-state index contributed by atoms with van der Waals surface area (Å²) in [7, 11) is 1.54. The van der Waals surface area contributed by atoms with E-state index in [9.17, 15) is 14.7 Å². The van der Waals surface area contributed by atoms with E-state index in [-0.39, 0.29) is 17.9 Å². The van der Waals surface area contributed by atoms with Crippen LogP contribution in [-0.4, -0.2) is 43.8 Å². The summed E-state index contributed by atoms with van der Waals surface area (Å²) in [5.74, 6) is -0.0507. The summed E-state index contributed by atoms with van der Waals surface area (Å²) in [5, 5.41) is 18.1. The lowest BCUT2D eigenvalue weighted by Crippen LogP contribution is -2.26. The zero-order chi connectivity index (χ0) is 28.4. The highest BCUT2D eigenvalue weighted by Crippen LogP contribution is 2.39. The highest BCUT2D eigenvalue weighted by molar-refractivity contribution is 5.98. The number of anilines is 1. The number of carbonyl (C=O) groups excluding carboxylic acids is 1. The highest BCUT2D eigenvalue weighted by Gasteiger charge is 2.33. The van der Waals surface area contributed by atoms with Gasteiger partial charge in [0.15, 0.2) is 5.65 Å². The van der Waals surface area contributed by atoms with Gasteiger partial charge in [0.25, 0.3) is 5.91 Å². The van der Waals surface area contributed by atoms with Crippen molar-refractivity contribution < 1.29 is 19.4 Å². The number of amides is 1. The molecule has 40 heavy (non-hydrogen) atoms. The van der Waals surface area contributed by atoms with E-state index in [2.05, 4.69) is 27.4 Å². The molecule has 0 saturated heterocycles. The predicted molar refractivity (Wildman–Crippen MR) is 152 cm³/mol. The van der Waals surface area contributed by atoms with Gasteiger partial charge in [-0.05, 0) is 50.3 Å². The molecule has 4 N–H and O–H groups in total. The first kappa shape index (κ1) is 26.9. The van der Waals surface area contributed by atoms with Crippen LogP contribution >= 0.6 is 0 Å². The van der Waals surface area contributed by atoms with Crippen LogP contribution in [0.1, 0.15) is 48.7 Å². The molecule has 1 aliphatic carbocycles. The monoisotopic (exact) mass is 540 g/mol. The third-order valence-corrected chi connectivity index (χ3v) is 7.37. The molecule has 2 aromatic heterocycles. The normalized spacial score (nSPS) is 16.8. The van der Waals surface area contributed by atoms with Crippen LogP contribution in [-0.2, 0) is 11.3 Å². The molecule has 10 nitrogen and oxygen atoms in total. The van der Waals surface area contributed by atoms with Gasteiger partial charge in [0.1, 0.15) is 23.6 Å². The molecule has 1 amide bonds. The number of carboxylic acids is 1. The molecule has 0 spiro atoms. The number of nitrogens with one attached hydrogen (secondary N) is 1. The number of allylic oxidation sites excluding steroid dienone is 2. The van der Waals surface area contributed by atoms with Gasteiger partial charge in [-0.3, -0.25) is 9.59 Å². The lowest BCUT2D eigenvalue weighted by molar-refractivity contribution is -0.147. The van der Waals surface area contributed by atoms with E-state index in [0.29, 0.717) is 46.8 Å². The Morgan fingerprint density at radius 3 is 2.60 bits per heavy atom. The molecule has 0 fully saturated rings. The minimum absolute atomic E-state index is 0.0791. The lowest BCUT2D eigenvalue weighted by atomic mass is 9.82. The molecule has 4 aromatic rings. The zero-order valence-corrected chi connectivity index (χ0v) is 22.7. The number of hydrogen-bond donors (Lipinski definition) is 3. The zero-order valence-electron chi connectivity index (χ0n) is 22.7. The first-order chi connectivity index (χ1) is 19.2. The maximum absolute atomic E-state index is 12.7. The molecule has 0 aliphatic heterocycles. The summed E-state index contributed by atoms with van der Waals surface area (Å²) in [6, 6.07) is 14.7. The molecular weight excluding hydrogens is 508 g/mol. The molecule has 2 atom stereocenters. The summed E-state index contributed by atoms with van der Waals surface area (Å²) in [6.45, 7) is 3.84. The fourth-order valence-electron chi connectivity index (χ4n) is 5.15. The van der Waals surface area contributed by atoms with E-state index in [4.69, 9.17) is 15.6 Å². The summed E-state index contributed by atoms with van der Waals surface area (Å²) in [4.78, 5) is 33.0. The minimum atomic E-state index is -0.817. The van der Waals surface area contributed by atoms with Crippen molar-refractivity contribution in [3.8, 4) is 17.0 Å². The Bertz CT molecular complexity index is 1590. The average Bonchev–Trinajstić information content (AvgIpc) is 3.57. The Kier molecular flexibility index (Phi) is 7.25. The number of nitrogens with zero attached hydrogens (tertiary/aromatic N) is 4. The molecule has 0 bridgehead atoms. The predicted octanol–water partition coefficient (Wildman–Crippen LogP) is 4.63. The molecule has 10 heteroatoms. The van der Waals surface area contributed by atoms with Crippen LogP contribution < -0.4 is 15.8 Å². The Labute approximate surface area is 231 Å². The maximum atomic E-state index is 12.7. The third-order valence-electron chi connectivity index (χ3n) is 7.37. The van der Waals surface area contributed by atoms with Gasteiger partial charge >= 0.3 is 5.97 Å². The molecule has 2 aromatic carbocycles. The van der Waals surface area contributed by atoms with E-state index in [1.807, 2.05) is 35.0 Å². The van der Waals surface area contributed by atoms with Crippen molar-refractivity contribution in [1.82, 2.24) is 25.1 Å². The number of nitrogen functional groups attached to an aromatic ring is 1. The Balaban J connectivity index is 1.36. The third kappa shape index (κ3) is 5.25. The van der Waals surface area contributed by atoms with Crippen LogP contribution in [0.15, 0.2) is 67.0 Å². The van der Waals surface area contributed by atoms with Gasteiger partial charge in [0.05, 0.1) is 29.5 Å². The standard InChI is InChI=1S/C30H32N6O4/c1-30(2,29(38)39)15-19-10-13-21(14-19)36-27-24(26(31)33-17-34-27)25(35-36)20-11-8-18(9-12-20)16-32-28(37)22-6-4-5-7-23(22)40-3/h4-13,17,19,21H,14-16H2,1-3H3,(H,32,37)(H,38,39)(H2,31,33,34)/t19-,21+/m1/s1. The van der Waals surface area contributed by atoms with Crippen molar-refractivity contribution in [2.24, 2.45) is 11.3 Å². The number of fused-ring (bicyclic) bond motifs is 1. The lowest BCUT2D eigenvalue weighted by Gasteiger charge is -2.23. The van der Waals surface area contributed by atoms with Crippen molar-refractivity contribution in [3.63, 3.8) is 0 Å². The van der Waals surface area contributed by atoms with E-state index in [1.165, 1.54) is 13.4 Å². The minimum Gasteiger partial charge on any atom is -0.496 e. The van der Waals surface area contributed by atoms with Gasteiger partial charge in [-0.15, -0.1) is 0 Å². The molecule has 0 saturated carbocycles. The van der Waals surface area contributed by atoms with Gasteiger partial charge < -0.3 is 20.9 Å². The van der Waals surface area contributed by atoms with Gasteiger partial charge in [-0.2, -0.15) is 5.10 Å². The topological polar surface area (TPSA) is 145 Å². The van der Waals surface area contributed by atoms with Crippen LogP contribution in [0, 0.1) is 11.3 Å². The van der Waals surface area contributed by atoms with Crippen molar-refractivity contribution in [2.45, 2.75) is 39.3 Å². The molecule has 0 radical (unpaired) electrons. The Morgan fingerprint density at radius 2 is 1.88 bits per heavy atom. The van der Waals surface area contributed by atoms with Gasteiger partial charge in [-0.1, -0.05) is 48.6 Å². The van der Waals surface area contributed by atoms with E-state index in [1.54, 1.807) is 32.0 Å². The van der Waals surface area contributed by atoms with Crippen molar-refractivity contribution in [3.05, 3.63) is 78.1 Å². The molecule has 206 valence electrons. The van der Waals surface area contributed by atoms with Crippen LogP contribution in [0.4, 0.5) is 5.82 Å². The second kappa shape index (κ2) is 10.8. The number of aliphatic carboxylic acids is 1. The highest BCUT2D eigenvalue weighted by atomic mass is 16.5. The van der Waals surface area contributed by atoms with Crippen LogP contribution in [0.25, 0.3) is 22.3 Å². The van der Waals surface area contributed by atoms with Crippen molar-refractivity contribution >= 4 is 28.7 Å². The average molecular weight is 541 g/mol. The number of carboxylic acid groups (broad SMARTS) is 1. The number of aromatic nitrogens is 4. The number of carbonyl (C=O) groups is 2. The number of hydrogen-bond acceptors (Lipinski definition) is 7.